The lowest BCUT2D eigenvalue weighted by Crippen LogP contribution is -1.91. The molecule has 222 valence electrons. The predicted octanol–water partition coefficient (Wildman–Crippen LogP) is 14.4. The topological polar surface area (TPSA) is 0 Å². The van der Waals surface area contributed by atoms with Crippen molar-refractivity contribution in [2.24, 2.45) is 0 Å². The van der Waals surface area contributed by atoms with Gasteiger partial charge in [0.2, 0.25) is 0 Å². The summed E-state index contributed by atoms with van der Waals surface area (Å²) in [6.45, 7) is 0. The van der Waals surface area contributed by atoms with Gasteiger partial charge < -0.3 is 0 Å². The average Bonchev–Trinajstić information content (AvgIpc) is 3.72. The molecule has 2 aromatic heterocycles. The molecule has 9 aromatic carbocycles. The maximum absolute atomic E-state index is 2.44. The molecule has 0 saturated heterocycles. The van der Waals surface area contributed by atoms with Crippen LogP contribution in [0.5, 0.6) is 0 Å². The van der Waals surface area contributed by atoms with Gasteiger partial charge in [0.05, 0.1) is 0 Å². The molecule has 11 aromatic rings. The monoisotopic (exact) mass is 642 g/mol. The molecule has 0 nitrogen and oxygen atoms in total. The fourth-order valence-electron chi connectivity index (χ4n) is 8.15. The zero-order chi connectivity index (χ0) is 31.3. The summed E-state index contributed by atoms with van der Waals surface area (Å²) < 4.78 is 5.47. The Morgan fingerprint density at radius 1 is 0.312 bits per heavy atom. The van der Waals surface area contributed by atoms with Gasteiger partial charge in [-0.25, -0.2) is 0 Å². The quantitative estimate of drug-likeness (QED) is 0.165. The molecule has 0 amide bonds. The Bertz CT molecular complexity index is 3060. The summed E-state index contributed by atoms with van der Waals surface area (Å²) in [6, 6.07) is 58.7. The number of fused-ring (bicyclic) bond motifs is 12. The molecule has 0 aliphatic heterocycles. The molecule has 48 heavy (non-hydrogen) atoms. The van der Waals surface area contributed by atoms with E-state index in [2.05, 4.69) is 158 Å². The number of rotatable bonds is 2. The van der Waals surface area contributed by atoms with Crippen LogP contribution in [0.25, 0.3) is 106 Å². The van der Waals surface area contributed by atoms with Gasteiger partial charge in [-0.2, -0.15) is 0 Å². The van der Waals surface area contributed by atoms with E-state index in [-0.39, 0.29) is 0 Å². The Morgan fingerprint density at radius 2 is 0.875 bits per heavy atom. The smallest absolute Gasteiger partial charge is 0.0448 e. The molecule has 0 fully saturated rings. The predicted molar refractivity (Wildman–Crippen MR) is 213 cm³/mol. The molecular weight excluding hydrogens is 617 g/mol. The minimum absolute atomic E-state index is 1.27. The van der Waals surface area contributed by atoms with E-state index in [1.54, 1.807) is 0 Å². The lowest BCUT2D eigenvalue weighted by molar-refractivity contribution is 1.69. The first-order valence-electron chi connectivity index (χ1n) is 16.4. The third-order valence-corrected chi connectivity index (χ3v) is 12.6. The molecular formula is C46H26S2. The van der Waals surface area contributed by atoms with Crippen molar-refractivity contribution in [1.82, 2.24) is 0 Å². The SMILES string of the molecule is c1ccc2c(-c3c4ccccc4c(-c4ccc5c(c4)sc4ccc6c7ccc8ccccc8c7sc6c45)c4ccccc34)cccc2c1. The summed E-state index contributed by atoms with van der Waals surface area (Å²) >= 11 is 3.87. The van der Waals surface area contributed by atoms with Crippen LogP contribution in [-0.4, -0.2) is 0 Å². The van der Waals surface area contributed by atoms with Crippen molar-refractivity contribution in [2.45, 2.75) is 0 Å². The first-order chi connectivity index (χ1) is 23.8. The van der Waals surface area contributed by atoms with Gasteiger partial charge in [0.15, 0.2) is 0 Å². The maximum atomic E-state index is 2.44. The minimum Gasteiger partial charge on any atom is -0.135 e. The number of thiophene rings is 2. The zero-order valence-electron chi connectivity index (χ0n) is 25.8. The highest BCUT2D eigenvalue weighted by atomic mass is 32.1. The van der Waals surface area contributed by atoms with Gasteiger partial charge in [-0.15, -0.1) is 22.7 Å². The molecule has 0 unspecified atom stereocenters. The highest BCUT2D eigenvalue weighted by Crippen LogP contribution is 2.49. The molecule has 0 aliphatic carbocycles. The van der Waals surface area contributed by atoms with Gasteiger partial charge in [-0.05, 0) is 77.5 Å². The summed E-state index contributed by atoms with van der Waals surface area (Å²) in [7, 11) is 0. The van der Waals surface area contributed by atoms with E-state index < -0.39 is 0 Å². The van der Waals surface area contributed by atoms with Gasteiger partial charge in [0.25, 0.3) is 0 Å². The van der Waals surface area contributed by atoms with Gasteiger partial charge >= 0.3 is 0 Å². The van der Waals surface area contributed by atoms with E-state index in [4.69, 9.17) is 0 Å². The van der Waals surface area contributed by atoms with E-state index in [0.29, 0.717) is 0 Å². The van der Waals surface area contributed by atoms with Gasteiger partial charge in [0, 0.05) is 40.3 Å². The lowest BCUT2D eigenvalue weighted by atomic mass is 9.84. The summed E-state index contributed by atoms with van der Waals surface area (Å²) in [6.07, 6.45) is 0. The fourth-order valence-corrected chi connectivity index (χ4v) is 10.8. The molecule has 0 spiro atoms. The van der Waals surface area contributed by atoms with Crippen LogP contribution in [0.2, 0.25) is 0 Å². The van der Waals surface area contributed by atoms with Crippen LogP contribution in [0.1, 0.15) is 0 Å². The Balaban J connectivity index is 1.19. The van der Waals surface area contributed by atoms with Crippen LogP contribution in [-0.2, 0) is 0 Å². The van der Waals surface area contributed by atoms with Crippen molar-refractivity contribution in [3.05, 3.63) is 158 Å². The van der Waals surface area contributed by atoms with E-state index >= 15 is 0 Å². The Kier molecular flexibility index (Phi) is 5.51. The summed E-state index contributed by atoms with van der Waals surface area (Å²) in [5.41, 5.74) is 5.17. The Morgan fingerprint density at radius 3 is 1.62 bits per heavy atom. The number of benzene rings is 9. The summed E-state index contributed by atoms with van der Waals surface area (Å²) in [4.78, 5) is 0. The van der Waals surface area contributed by atoms with E-state index in [1.165, 1.54) is 106 Å². The average molecular weight is 643 g/mol. The summed E-state index contributed by atoms with van der Waals surface area (Å²) in [5, 5.41) is 15.8. The van der Waals surface area contributed by atoms with Crippen molar-refractivity contribution in [3.8, 4) is 22.3 Å². The van der Waals surface area contributed by atoms with Crippen LogP contribution in [0.4, 0.5) is 0 Å². The van der Waals surface area contributed by atoms with Gasteiger partial charge in [-0.1, -0.05) is 146 Å². The van der Waals surface area contributed by atoms with Crippen LogP contribution >= 0.6 is 22.7 Å². The molecule has 0 atom stereocenters. The first-order valence-corrected chi connectivity index (χ1v) is 18.1. The van der Waals surface area contributed by atoms with E-state index in [9.17, 15) is 0 Å². The normalized spacial score (nSPS) is 12.2. The third-order valence-electron chi connectivity index (χ3n) is 10.2. The van der Waals surface area contributed by atoms with Crippen LogP contribution < -0.4 is 0 Å². The number of hydrogen-bond donors (Lipinski definition) is 0. The highest BCUT2D eigenvalue weighted by molar-refractivity contribution is 7.30. The van der Waals surface area contributed by atoms with Crippen molar-refractivity contribution in [3.63, 3.8) is 0 Å². The molecule has 2 heterocycles. The Labute approximate surface area is 284 Å². The largest absolute Gasteiger partial charge is 0.135 e. The first kappa shape index (κ1) is 26.5. The molecule has 0 saturated carbocycles. The zero-order valence-corrected chi connectivity index (χ0v) is 27.5. The van der Waals surface area contributed by atoms with E-state index in [0.717, 1.165) is 0 Å². The molecule has 2 heteroatoms. The van der Waals surface area contributed by atoms with Gasteiger partial charge in [-0.3, -0.25) is 0 Å². The standard InChI is InChI=1S/C46H26S2/c1-3-13-30-27(10-1)12-9-19-32(30)43-35-17-7-5-15-33(35)42(34-16-6-8-18-36(34)43)29-21-23-39-41(26-29)47-40-25-24-38-37-22-20-28-11-2-4-14-31(28)45(37)48-46(38)44(39)40/h1-26H. The third kappa shape index (κ3) is 3.65. The second kappa shape index (κ2) is 9.98. The van der Waals surface area contributed by atoms with Crippen LogP contribution in [0, 0.1) is 0 Å². The second-order valence-corrected chi connectivity index (χ2v) is 14.9. The van der Waals surface area contributed by atoms with Crippen molar-refractivity contribution in [1.29, 1.82) is 0 Å². The van der Waals surface area contributed by atoms with Crippen LogP contribution in [0.3, 0.4) is 0 Å². The van der Waals surface area contributed by atoms with Gasteiger partial charge in [0.1, 0.15) is 0 Å². The summed E-state index contributed by atoms with van der Waals surface area (Å²) in [5.74, 6) is 0. The van der Waals surface area contributed by atoms with Crippen molar-refractivity contribution in [2.75, 3.05) is 0 Å². The van der Waals surface area contributed by atoms with Crippen LogP contribution in [0.15, 0.2) is 158 Å². The fraction of sp³-hybridized carbons (Fsp3) is 0. The maximum Gasteiger partial charge on any atom is 0.0448 e. The van der Waals surface area contributed by atoms with E-state index in [1.807, 2.05) is 22.7 Å². The highest BCUT2D eigenvalue weighted by Gasteiger charge is 2.20. The molecule has 0 bridgehead atoms. The Hall–Kier alpha value is -5.54. The van der Waals surface area contributed by atoms with Crippen molar-refractivity contribution >= 4 is 106 Å². The molecule has 0 aliphatic rings. The molecule has 0 N–H and O–H groups in total. The second-order valence-electron chi connectivity index (χ2n) is 12.8. The molecule has 0 radical (unpaired) electrons. The molecule has 11 rings (SSSR count). The lowest BCUT2D eigenvalue weighted by Gasteiger charge is -2.18. The minimum atomic E-state index is 1.27. The van der Waals surface area contributed by atoms with Crippen molar-refractivity contribution < 1.29 is 0 Å². The number of hydrogen-bond acceptors (Lipinski definition) is 2.